The first-order chi connectivity index (χ1) is 13.3. The maximum atomic E-state index is 12.1. The largest absolute Gasteiger partial charge is 0.482 e. The van der Waals surface area contributed by atoms with Crippen LogP contribution in [0.4, 0.5) is 5.69 Å². The Morgan fingerprint density at radius 3 is 1.86 bits per heavy atom. The van der Waals surface area contributed by atoms with Crippen LogP contribution < -0.4 is 10.1 Å². The van der Waals surface area contributed by atoms with Gasteiger partial charge in [0.05, 0.1) is 0 Å². The van der Waals surface area contributed by atoms with Gasteiger partial charge in [-0.25, -0.2) is 4.79 Å². The molecule has 146 valence electrons. The van der Waals surface area contributed by atoms with Crippen molar-refractivity contribution >= 4 is 29.1 Å². The van der Waals surface area contributed by atoms with Gasteiger partial charge in [0.2, 0.25) is 0 Å². The quantitative estimate of drug-likeness (QED) is 0.556. The lowest BCUT2D eigenvalue weighted by Crippen LogP contribution is -2.31. The fourth-order valence-corrected chi connectivity index (χ4v) is 2.24. The minimum absolute atomic E-state index is 0.0678. The number of hydrogen-bond donors (Lipinski definition) is 1. The van der Waals surface area contributed by atoms with Gasteiger partial charge < -0.3 is 14.8 Å². The molecule has 7 heteroatoms. The zero-order chi connectivity index (χ0) is 20.7. The van der Waals surface area contributed by atoms with Gasteiger partial charge >= 0.3 is 5.97 Å². The lowest BCUT2D eigenvalue weighted by Gasteiger charge is -2.14. The highest BCUT2D eigenvalue weighted by Gasteiger charge is 2.18. The molecule has 2 aromatic carbocycles. The van der Waals surface area contributed by atoms with Crippen LogP contribution in [0.5, 0.6) is 5.75 Å². The molecule has 28 heavy (non-hydrogen) atoms. The van der Waals surface area contributed by atoms with E-state index < -0.39 is 18.0 Å². The molecule has 0 radical (unpaired) electrons. The molecule has 1 atom stereocenters. The number of amides is 1. The van der Waals surface area contributed by atoms with Crippen LogP contribution >= 0.6 is 0 Å². The van der Waals surface area contributed by atoms with E-state index in [1.807, 2.05) is 0 Å². The monoisotopic (exact) mass is 383 g/mol. The standard InChI is InChI=1S/C21H21NO6/c1-13(23)16-4-8-18(9-5-16)22-21(26)15(3)28-20(25)12-27-19-10-6-17(7-11-19)14(2)24/h4-11,15H,12H2,1-3H3,(H,22,26)/t15-/m0/s1. The van der Waals surface area contributed by atoms with Crippen LogP contribution in [0.2, 0.25) is 0 Å². The molecule has 0 fully saturated rings. The molecule has 2 rings (SSSR count). The topological polar surface area (TPSA) is 98.8 Å². The summed E-state index contributed by atoms with van der Waals surface area (Å²) in [7, 11) is 0. The van der Waals surface area contributed by atoms with Crippen molar-refractivity contribution in [1.82, 2.24) is 0 Å². The van der Waals surface area contributed by atoms with E-state index in [2.05, 4.69) is 5.32 Å². The zero-order valence-corrected chi connectivity index (χ0v) is 15.9. The molecule has 0 aromatic heterocycles. The lowest BCUT2D eigenvalue weighted by atomic mass is 10.1. The highest BCUT2D eigenvalue weighted by Crippen LogP contribution is 2.13. The van der Waals surface area contributed by atoms with E-state index in [0.717, 1.165) is 0 Å². The molecule has 2 aromatic rings. The summed E-state index contributed by atoms with van der Waals surface area (Å²) in [6, 6.07) is 12.7. The minimum atomic E-state index is -1.02. The van der Waals surface area contributed by atoms with Gasteiger partial charge in [0.15, 0.2) is 24.3 Å². The molecule has 0 bridgehead atoms. The Kier molecular flexibility index (Phi) is 7.03. The number of ketones is 2. The van der Waals surface area contributed by atoms with Crippen molar-refractivity contribution in [2.75, 3.05) is 11.9 Å². The number of anilines is 1. The van der Waals surface area contributed by atoms with Gasteiger partial charge in [-0.1, -0.05) is 0 Å². The van der Waals surface area contributed by atoms with Crippen molar-refractivity contribution < 1.29 is 28.7 Å². The smallest absolute Gasteiger partial charge is 0.344 e. The SMILES string of the molecule is CC(=O)c1ccc(NC(=O)[C@H](C)OC(=O)COc2ccc(C(C)=O)cc2)cc1. The Bertz CT molecular complexity index is 871. The molecule has 0 aliphatic rings. The Morgan fingerprint density at radius 2 is 1.36 bits per heavy atom. The predicted molar refractivity (Wildman–Crippen MR) is 103 cm³/mol. The van der Waals surface area contributed by atoms with Gasteiger partial charge in [-0.15, -0.1) is 0 Å². The molecule has 0 unspecified atom stereocenters. The van der Waals surface area contributed by atoms with Gasteiger partial charge in [-0.05, 0) is 69.3 Å². The van der Waals surface area contributed by atoms with Gasteiger partial charge in [-0.2, -0.15) is 0 Å². The number of carbonyl (C=O) groups excluding carboxylic acids is 4. The second-order valence-electron chi connectivity index (χ2n) is 6.12. The van der Waals surface area contributed by atoms with E-state index in [9.17, 15) is 19.2 Å². The molecule has 0 saturated carbocycles. The van der Waals surface area contributed by atoms with Crippen molar-refractivity contribution in [3.05, 3.63) is 59.7 Å². The number of benzene rings is 2. The van der Waals surface area contributed by atoms with E-state index in [0.29, 0.717) is 22.6 Å². The summed E-state index contributed by atoms with van der Waals surface area (Å²) in [4.78, 5) is 46.4. The number of carbonyl (C=O) groups is 4. The zero-order valence-electron chi connectivity index (χ0n) is 15.9. The lowest BCUT2D eigenvalue weighted by molar-refractivity contribution is -0.155. The summed E-state index contributed by atoms with van der Waals surface area (Å²) < 4.78 is 10.3. The van der Waals surface area contributed by atoms with Gasteiger partial charge in [0, 0.05) is 16.8 Å². The van der Waals surface area contributed by atoms with Crippen molar-refractivity contribution in [3.63, 3.8) is 0 Å². The molecule has 0 aliphatic heterocycles. The minimum Gasteiger partial charge on any atom is -0.482 e. The van der Waals surface area contributed by atoms with Crippen LogP contribution in [-0.4, -0.2) is 36.2 Å². The summed E-state index contributed by atoms with van der Waals surface area (Å²) in [6.45, 7) is 3.98. The summed E-state index contributed by atoms with van der Waals surface area (Å²) >= 11 is 0. The molecule has 0 saturated heterocycles. The third-order valence-electron chi connectivity index (χ3n) is 3.85. The molecule has 7 nitrogen and oxygen atoms in total. The van der Waals surface area contributed by atoms with E-state index >= 15 is 0 Å². The Labute approximate surface area is 162 Å². The third kappa shape index (κ3) is 6.05. The molecular formula is C21H21NO6. The van der Waals surface area contributed by atoms with Crippen molar-refractivity contribution in [2.45, 2.75) is 26.9 Å². The molecule has 0 heterocycles. The normalized spacial score (nSPS) is 11.2. The van der Waals surface area contributed by atoms with E-state index in [1.165, 1.54) is 20.8 Å². The maximum Gasteiger partial charge on any atom is 0.344 e. The number of esters is 1. The molecular weight excluding hydrogens is 362 g/mol. The molecule has 1 amide bonds. The molecule has 1 N–H and O–H groups in total. The summed E-state index contributed by atoms with van der Waals surface area (Å²) in [6.07, 6.45) is -1.02. The van der Waals surface area contributed by atoms with Crippen LogP contribution in [0.3, 0.4) is 0 Å². The Hall–Kier alpha value is -3.48. The van der Waals surface area contributed by atoms with Gasteiger partial charge in [0.25, 0.3) is 5.91 Å². The highest BCUT2D eigenvalue weighted by molar-refractivity contribution is 5.97. The van der Waals surface area contributed by atoms with E-state index in [4.69, 9.17) is 9.47 Å². The maximum absolute atomic E-state index is 12.1. The first-order valence-electron chi connectivity index (χ1n) is 8.61. The van der Waals surface area contributed by atoms with Crippen LogP contribution in [-0.2, 0) is 14.3 Å². The Morgan fingerprint density at radius 1 is 0.857 bits per heavy atom. The first-order valence-corrected chi connectivity index (χ1v) is 8.61. The number of rotatable bonds is 8. The van der Waals surface area contributed by atoms with Crippen molar-refractivity contribution in [1.29, 1.82) is 0 Å². The van der Waals surface area contributed by atoms with Crippen molar-refractivity contribution in [2.24, 2.45) is 0 Å². The van der Waals surface area contributed by atoms with Crippen LogP contribution in [0.25, 0.3) is 0 Å². The van der Waals surface area contributed by atoms with E-state index in [1.54, 1.807) is 48.5 Å². The predicted octanol–water partition coefficient (Wildman–Crippen LogP) is 3.04. The van der Waals surface area contributed by atoms with Gasteiger partial charge in [0.1, 0.15) is 5.75 Å². The fourth-order valence-electron chi connectivity index (χ4n) is 2.24. The second-order valence-corrected chi connectivity index (χ2v) is 6.12. The number of hydrogen-bond acceptors (Lipinski definition) is 6. The highest BCUT2D eigenvalue weighted by atomic mass is 16.6. The Balaban J connectivity index is 1.81. The van der Waals surface area contributed by atoms with Crippen molar-refractivity contribution in [3.8, 4) is 5.75 Å². The summed E-state index contributed by atoms with van der Waals surface area (Å²) in [5.74, 6) is -0.942. The fraction of sp³-hybridized carbons (Fsp3) is 0.238. The average molecular weight is 383 g/mol. The average Bonchev–Trinajstić information content (AvgIpc) is 2.67. The summed E-state index contributed by atoms with van der Waals surface area (Å²) in [5.41, 5.74) is 1.56. The molecule has 0 aliphatic carbocycles. The number of nitrogens with one attached hydrogen (secondary N) is 1. The van der Waals surface area contributed by atoms with Crippen LogP contribution in [0.1, 0.15) is 41.5 Å². The van der Waals surface area contributed by atoms with Crippen LogP contribution in [0, 0.1) is 0 Å². The first kappa shape index (κ1) is 20.8. The third-order valence-corrected chi connectivity index (χ3v) is 3.85. The van der Waals surface area contributed by atoms with Crippen LogP contribution in [0.15, 0.2) is 48.5 Å². The summed E-state index contributed by atoms with van der Waals surface area (Å²) in [5, 5.41) is 2.60. The molecule has 0 spiro atoms. The number of Topliss-reactive ketones (excluding diaryl/α,β-unsaturated/α-hetero) is 2. The number of ether oxygens (including phenoxy) is 2. The van der Waals surface area contributed by atoms with E-state index in [-0.39, 0.29) is 18.2 Å². The van der Waals surface area contributed by atoms with Gasteiger partial charge in [-0.3, -0.25) is 14.4 Å². The second kappa shape index (κ2) is 9.45.